The summed E-state index contributed by atoms with van der Waals surface area (Å²) in [5, 5.41) is 10.6. The lowest BCUT2D eigenvalue weighted by atomic mass is 10.1. The molecule has 0 radical (unpaired) electrons. The molecule has 0 aromatic heterocycles. The molecule has 1 aromatic rings. The van der Waals surface area contributed by atoms with E-state index in [0.29, 0.717) is 6.66 Å². The van der Waals surface area contributed by atoms with Crippen molar-refractivity contribution in [1.82, 2.24) is 0 Å². The fourth-order valence-corrected chi connectivity index (χ4v) is 1.41. The van der Waals surface area contributed by atoms with Gasteiger partial charge in [-0.3, -0.25) is 20.2 Å². The van der Waals surface area contributed by atoms with E-state index in [2.05, 4.69) is 4.62 Å². The molecule has 7 nitrogen and oxygen atoms in total. The summed E-state index contributed by atoms with van der Waals surface area (Å²) < 4.78 is 65.3. The highest BCUT2D eigenvalue weighted by molar-refractivity contribution is 7.51. The highest BCUT2D eigenvalue weighted by Gasteiger charge is 2.37. The Morgan fingerprint density at radius 3 is 2.40 bits per heavy atom. The van der Waals surface area contributed by atoms with E-state index in [1.165, 1.54) is 0 Å². The number of benzene rings is 1. The van der Waals surface area contributed by atoms with Crippen molar-refractivity contribution in [3.05, 3.63) is 33.6 Å². The van der Waals surface area contributed by atoms with Crippen LogP contribution in [0.1, 0.15) is 5.56 Å². The van der Waals surface area contributed by atoms with Gasteiger partial charge in [-0.1, -0.05) is 0 Å². The summed E-state index contributed by atoms with van der Waals surface area (Å²) in [4.78, 5) is 18.2. The fourth-order valence-electron chi connectivity index (χ4n) is 1.15. The van der Waals surface area contributed by atoms with E-state index in [9.17, 15) is 32.2 Å². The van der Waals surface area contributed by atoms with Gasteiger partial charge in [0.1, 0.15) is 11.5 Å². The van der Waals surface area contributed by atoms with Gasteiger partial charge in [-0.05, 0) is 0 Å². The average molecular weight is 318 g/mol. The molecule has 1 atom stereocenters. The lowest BCUT2D eigenvalue weighted by molar-refractivity contribution is -0.384. The first-order valence-corrected chi connectivity index (χ1v) is 6.74. The van der Waals surface area contributed by atoms with Crippen LogP contribution in [0.25, 0.3) is 0 Å². The molecule has 0 aliphatic rings. The van der Waals surface area contributed by atoms with Crippen LogP contribution in [0, 0.1) is 15.9 Å². The first-order valence-electron chi connectivity index (χ1n) is 4.72. The third-order valence-electron chi connectivity index (χ3n) is 1.91. The molecule has 0 saturated heterocycles. The van der Waals surface area contributed by atoms with Crippen LogP contribution in [0.5, 0.6) is 0 Å². The second kappa shape index (κ2) is 5.35. The predicted octanol–water partition coefficient (Wildman–Crippen LogP) is 2.91. The molecule has 1 unspecified atom stereocenters. The molecule has 0 bridgehead atoms. The topological polar surface area (TPSA) is 102 Å². The summed E-state index contributed by atoms with van der Waals surface area (Å²) in [5.74, 6) is -1.79. The van der Waals surface area contributed by atoms with E-state index >= 15 is 0 Å². The summed E-state index contributed by atoms with van der Waals surface area (Å²) in [7, 11) is -4.12. The Balaban J connectivity index is 3.29. The average Bonchev–Trinajstić information content (AvgIpc) is 2.23. The molecule has 0 saturated carbocycles. The maximum atomic E-state index is 13.2. The lowest BCUT2D eigenvalue weighted by Gasteiger charge is -2.12. The highest BCUT2D eigenvalue weighted by Crippen LogP contribution is 2.40. The number of anilines is 1. The monoisotopic (exact) mass is 318 g/mol. The zero-order chi connectivity index (χ0) is 15.7. The van der Waals surface area contributed by atoms with Crippen LogP contribution in [-0.2, 0) is 15.4 Å². The number of nitro groups is 1. The molecule has 0 fully saturated rings. The van der Waals surface area contributed by atoms with Crippen LogP contribution in [0.2, 0.25) is 0 Å². The third-order valence-corrected chi connectivity index (χ3v) is 2.34. The summed E-state index contributed by atoms with van der Waals surface area (Å²) in [5.41, 5.74) is -2.23. The maximum absolute atomic E-state index is 13.2. The molecule has 12 heteroatoms. The molecule has 1 rings (SSSR count). The van der Waals surface area contributed by atoms with Crippen molar-refractivity contribution in [1.29, 1.82) is 0 Å². The molecule has 2 N–H and O–H groups in total. The van der Waals surface area contributed by atoms with Gasteiger partial charge in [-0.25, -0.2) is 4.39 Å². The van der Waals surface area contributed by atoms with Crippen LogP contribution < -0.4 is 5.48 Å². The van der Waals surface area contributed by atoms with Crippen molar-refractivity contribution in [3.8, 4) is 0 Å². The van der Waals surface area contributed by atoms with Gasteiger partial charge in [0.15, 0.2) is 0 Å². The molecule has 1 aromatic carbocycles. The number of nitro benzene ring substituents is 1. The van der Waals surface area contributed by atoms with Crippen molar-refractivity contribution >= 4 is 19.0 Å². The molecule has 112 valence electrons. The lowest BCUT2D eigenvalue weighted by Crippen LogP contribution is -2.11. The van der Waals surface area contributed by atoms with E-state index in [-0.39, 0.29) is 12.1 Å². The highest BCUT2D eigenvalue weighted by atomic mass is 31.2. The van der Waals surface area contributed by atoms with Gasteiger partial charge in [0.05, 0.1) is 10.5 Å². The van der Waals surface area contributed by atoms with Crippen LogP contribution in [-0.4, -0.2) is 16.5 Å². The Labute approximate surface area is 108 Å². The predicted molar refractivity (Wildman–Crippen MR) is 58.5 cm³/mol. The van der Waals surface area contributed by atoms with E-state index in [1.54, 1.807) is 5.48 Å². The number of nitrogens with zero attached hydrogens (tertiary/aromatic N) is 1. The summed E-state index contributed by atoms with van der Waals surface area (Å²) >= 11 is 0. The van der Waals surface area contributed by atoms with Gasteiger partial charge >= 0.3 is 13.8 Å². The molecular weight excluding hydrogens is 311 g/mol. The Kier molecular flexibility index (Phi) is 4.37. The summed E-state index contributed by atoms with van der Waals surface area (Å²) in [6.45, 7) is 0.715. The molecule has 20 heavy (non-hydrogen) atoms. The number of rotatable bonds is 4. The van der Waals surface area contributed by atoms with Crippen LogP contribution in [0.15, 0.2) is 12.1 Å². The second-order valence-electron chi connectivity index (χ2n) is 3.60. The number of halogens is 4. The quantitative estimate of drug-likeness (QED) is 0.383. The minimum atomic E-state index is -5.12. The fraction of sp³-hybridized carbons (Fsp3) is 0.250. The Bertz CT molecular complexity index is 585. The normalized spacial score (nSPS) is 14.7. The second-order valence-corrected chi connectivity index (χ2v) is 5.39. The van der Waals surface area contributed by atoms with Gasteiger partial charge in [0.2, 0.25) is 0 Å². The molecular formula is C8H7F4N2O5P. The van der Waals surface area contributed by atoms with Gasteiger partial charge in [0, 0.05) is 18.8 Å². The standard InChI is InChI=1S/C8H7F4N2O5P/c1-20(17,18)19-13-6-3-5(9)4(8(10,11)12)2-7(6)14(15)16/h2-3,13H,1H3,(H,17,18). The van der Waals surface area contributed by atoms with E-state index in [1.807, 2.05) is 0 Å². The number of hydrogen-bond acceptors (Lipinski definition) is 5. The van der Waals surface area contributed by atoms with E-state index in [4.69, 9.17) is 4.89 Å². The largest absolute Gasteiger partial charge is 0.419 e. The third kappa shape index (κ3) is 4.15. The first-order chi connectivity index (χ1) is 8.92. The first kappa shape index (κ1) is 16.3. The molecule has 0 aliphatic heterocycles. The maximum Gasteiger partial charge on any atom is 0.419 e. The van der Waals surface area contributed by atoms with Crippen molar-refractivity contribution in [2.24, 2.45) is 0 Å². The number of hydrogen-bond donors (Lipinski definition) is 2. The van der Waals surface area contributed by atoms with Crippen molar-refractivity contribution in [2.45, 2.75) is 6.18 Å². The number of alkyl halides is 3. The smallest absolute Gasteiger partial charge is 0.323 e. The van der Waals surface area contributed by atoms with Gasteiger partial charge in [0.25, 0.3) is 5.69 Å². The molecule has 0 heterocycles. The SMILES string of the molecule is CP(=O)(O)ONc1cc(F)c(C(F)(F)F)cc1[N+](=O)[O-]. The van der Waals surface area contributed by atoms with Crippen LogP contribution in [0.4, 0.5) is 28.9 Å². The Morgan fingerprint density at radius 2 is 2.00 bits per heavy atom. The number of nitrogens with one attached hydrogen (secondary N) is 1. The Morgan fingerprint density at radius 1 is 1.45 bits per heavy atom. The molecule has 0 amide bonds. The summed E-state index contributed by atoms with van der Waals surface area (Å²) in [6, 6.07) is 0.107. The zero-order valence-corrected chi connectivity index (χ0v) is 10.5. The minimum Gasteiger partial charge on any atom is -0.323 e. The minimum absolute atomic E-state index is 0.0427. The summed E-state index contributed by atoms with van der Waals surface area (Å²) in [6.07, 6.45) is -5.12. The Hall–Kier alpha value is -1.71. The van der Waals surface area contributed by atoms with Crippen molar-refractivity contribution in [2.75, 3.05) is 12.1 Å². The van der Waals surface area contributed by atoms with Crippen molar-refractivity contribution < 1.29 is 36.6 Å². The van der Waals surface area contributed by atoms with Gasteiger partial charge in [-0.2, -0.15) is 17.8 Å². The molecule has 0 aliphatic carbocycles. The van der Waals surface area contributed by atoms with Crippen molar-refractivity contribution in [3.63, 3.8) is 0 Å². The van der Waals surface area contributed by atoms with Crippen LogP contribution in [0.3, 0.4) is 0 Å². The van der Waals surface area contributed by atoms with E-state index in [0.717, 1.165) is 0 Å². The molecule has 0 spiro atoms. The zero-order valence-electron chi connectivity index (χ0n) is 9.64. The van der Waals surface area contributed by atoms with E-state index < -0.39 is 41.5 Å². The van der Waals surface area contributed by atoms with Gasteiger partial charge in [-0.15, -0.1) is 0 Å². The van der Waals surface area contributed by atoms with Crippen LogP contribution >= 0.6 is 7.60 Å². The van der Waals surface area contributed by atoms with Gasteiger partial charge < -0.3 is 4.89 Å².